The van der Waals surface area contributed by atoms with Crippen molar-refractivity contribution in [1.82, 2.24) is 5.32 Å². The smallest absolute Gasteiger partial charge is 0.293 e. The van der Waals surface area contributed by atoms with E-state index in [1.165, 1.54) is 18.2 Å². The molecule has 0 atom stereocenters. The monoisotopic (exact) mass is 276 g/mol. The number of nitro benzene ring substituents is 1. The van der Waals surface area contributed by atoms with Gasteiger partial charge in [0, 0.05) is 25.1 Å². The quantitative estimate of drug-likeness (QED) is 0.466. The molecule has 0 bridgehead atoms. The molecule has 1 amide bonds. The van der Waals surface area contributed by atoms with Gasteiger partial charge >= 0.3 is 0 Å². The topological polar surface area (TPSA) is 108 Å². The Balaban J connectivity index is 2.62. The number of anilines is 1. The van der Waals surface area contributed by atoms with Crippen LogP contribution < -0.4 is 10.6 Å². The van der Waals surface area contributed by atoms with E-state index in [-0.39, 0.29) is 23.1 Å². The van der Waals surface area contributed by atoms with Crippen molar-refractivity contribution in [3.8, 4) is 6.07 Å². The summed E-state index contributed by atoms with van der Waals surface area (Å²) >= 11 is 0. The summed E-state index contributed by atoms with van der Waals surface area (Å²) in [7, 11) is 0. The molecule has 0 fully saturated rings. The van der Waals surface area contributed by atoms with Crippen molar-refractivity contribution in [2.24, 2.45) is 5.92 Å². The molecule has 0 aromatic heterocycles. The summed E-state index contributed by atoms with van der Waals surface area (Å²) in [6.45, 7) is 4.31. The maximum atomic E-state index is 11.3. The maximum Gasteiger partial charge on any atom is 0.293 e. The number of nitro groups is 1. The summed E-state index contributed by atoms with van der Waals surface area (Å²) in [4.78, 5) is 21.7. The standard InChI is InChI=1S/C13H16N4O3/c1-9(2)13(18)16-6-5-15-11-4-3-10(8-14)7-12(11)17(19)20/h3-4,7,9,15H,5-6H2,1-2H3,(H,16,18). The zero-order chi connectivity index (χ0) is 15.1. The van der Waals surface area contributed by atoms with Gasteiger partial charge in [-0.3, -0.25) is 14.9 Å². The van der Waals surface area contributed by atoms with Crippen LogP contribution in [0.2, 0.25) is 0 Å². The third-order valence-corrected chi connectivity index (χ3v) is 2.59. The molecule has 0 aliphatic heterocycles. The first-order chi connectivity index (χ1) is 9.45. The highest BCUT2D eigenvalue weighted by Gasteiger charge is 2.14. The Bertz CT molecular complexity index is 549. The molecular weight excluding hydrogens is 260 g/mol. The number of nitriles is 1. The second-order valence-corrected chi connectivity index (χ2v) is 4.47. The van der Waals surface area contributed by atoms with Gasteiger partial charge in [-0.1, -0.05) is 13.8 Å². The predicted molar refractivity (Wildman–Crippen MR) is 74.1 cm³/mol. The summed E-state index contributed by atoms with van der Waals surface area (Å²) in [6.07, 6.45) is 0. The first-order valence-corrected chi connectivity index (χ1v) is 6.16. The highest BCUT2D eigenvalue weighted by Crippen LogP contribution is 2.24. The zero-order valence-corrected chi connectivity index (χ0v) is 11.3. The fourth-order valence-corrected chi connectivity index (χ4v) is 1.49. The highest BCUT2D eigenvalue weighted by molar-refractivity contribution is 5.77. The molecule has 2 N–H and O–H groups in total. The molecule has 7 heteroatoms. The number of hydrogen-bond acceptors (Lipinski definition) is 5. The molecule has 0 radical (unpaired) electrons. The van der Waals surface area contributed by atoms with E-state index in [0.717, 1.165) is 0 Å². The molecule has 0 saturated carbocycles. The number of amides is 1. The molecule has 0 aliphatic carbocycles. The molecule has 0 aliphatic rings. The number of hydrogen-bond donors (Lipinski definition) is 2. The number of benzene rings is 1. The van der Waals surface area contributed by atoms with Crippen LogP contribution in [0.5, 0.6) is 0 Å². The SMILES string of the molecule is CC(C)C(=O)NCCNc1ccc(C#N)cc1[N+](=O)[O-]. The number of carbonyl (C=O) groups is 1. The van der Waals surface area contributed by atoms with E-state index >= 15 is 0 Å². The van der Waals surface area contributed by atoms with Crippen LogP contribution >= 0.6 is 0 Å². The highest BCUT2D eigenvalue weighted by atomic mass is 16.6. The van der Waals surface area contributed by atoms with Crippen molar-refractivity contribution >= 4 is 17.3 Å². The van der Waals surface area contributed by atoms with Gasteiger partial charge in [-0.25, -0.2) is 0 Å². The summed E-state index contributed by atoms with van der Waals surface area (Å²) in [5.41, 5.74) is 0.405. The van der Waals surface area contributed by atoms with Crippen LogP contribution in [0.15, 0.2) is 18.2 Å². The van der Waals surface area contributed by atoms with E-state index < -0.39 is 4.92 Å². The Morgan fingerprint density at radius 1 is 1.45 bits per heavy atom. The van der Waals surface area contributed by atoms with Gasteiger partial charge in [0.25, 0.3) is 5.69 Å². The Morgan fingerprint density at radius 2 is 2.15 bits per heavy atom. The molecule has 0 heterocycles. The number of nitrogens with zero attached hydrogens (tertiary/aromatic N) is 2. The van der Waals surface area contributed by atoms with E-state index in [9.17, 15) is 14.9 Å². The fourth-order valence-electron chi connectivity index (χ4n) is 1.49. The predicted octanol–water partition coefficient (Wildman–Crippen LogP) is 1.65. The van der Waals surface area contributed by atoms with Gasteiger partial charge in [0.05, 0.1) is 16.6 Å². The maximum absolute atomic E-state index is 11.3. The van der Waals surface area contributed by atoms with E-state index in [0.29, 0.717) is 18.8 Å². The van der Waals surface area contributed by atoms with Crippen LogP contribution in [0.3, 0.4) is 0 Å². The molecule has 0 spiro atoms. The van der Waals surface area contributed by atoms with E-state index in [4.69, 9.17) is 5.26 Å². The second kappa shape index (κ2) is 7.09. The van der Waals surface area contributed by atoms with Crippen LogP contribution in [-0.4, -0.2) is 23.9 Å². The van der Waals surface area contributed by atoms with Gasteiger partial charge in [0.15, 0.2) is 0 Å². The molecular formula is C13H16N4O3. The largest absolute Gasteiger partial charge is 0.378 e. The van der Waals surface area contributed by atoms with Crippen LogP contribution in [-0.2, 0) is 4.79 Å². The van der Waals surface area contributed by atoms with Gasteiger partial charge in [-0.15, -0.1) is 0 Å². The molecule has 1 aromatic carbocycles. The first-order valence-electron chi connectivity index (χ1n) is 6.16. The normalized spacial score (nSPS) is 9.90. The Morgan fingerprint density at radius 3 is 2.70 bits per heavy atom. The van der Waals surface area contributed by atoms with Crippen molar-refractivity contribution in [3.05, 3.63) is 33.9 Å². The van der Waals surface area contributed by atoms with Gasteiger partial charge in [-0.05, 0) is 12.1 Å². The van der Waals surface area contributed by atoms with Crippen molar-refractivity contribution in [3.63, 3.8) is 0 Å². The lowest BCUT2D eigenvalue weighted by Gasteiger charge is -2.10. The van der Waals surface area contributed by atoms with Gasteiger partial charge < -0.3 is 10.6 Å². The number of nitrogens with one attached hydrogen (secondary N) is 2. The molecule has 1 rings (SSSR count). The summed E-state index contributed by atoms with van der Waals surface area (Å²) in [5.74, 6) is -0.166. The van der Waals surface area contributed by atoms with Crippen LogP contribution in [0.25, 0.3) is 0 Å². The van der Waals surface area contributed by atoms with Crippen molar-refractivity contribution in [2.75, 3.05) is 18.4 Å². The lowest BCUT2D eigenvalue weighted by molar-refractivity contribution is -0.384. The summed E-state index contributed by atoms with van der Waals surface area (Å²) < 4.78 is 0. The number of carbonyl (C=O) groups excluding carboxylic acids is 1. The Hall–Kier alpha value is -2.62. The van der Waals surface area contributed by atoms with Crippen LogP contribution in [0.1, 0.15) is 19.4 Å². The third-order valence-electron chi connectivity index (χ3n) is 2.59. The van der Waals surface area contributed by atoms with Crippen LogP contribution in [0.4, 0.5) is 11.4 Å². The van der Waals surface area contributed by atoms with E-state index in [1.807, 2.05) is 6.07 Å². The average Bonchev–Trinajstić information content (AvgIpc) is 2.42. The minimum Gasteiger partial charge on any atom is -0.378 e. The minimum atomic E-state index is -0.546. The van der Waals surface area contributed by atoms with Crippen LogP contribution in [0, 0.1) is 27.4 Å². The van der Waals surface area contributed by atoms with E-state index in [1.54, 1.807) is 13.8 Å². The number of rotatable bonds is 6. The van der Waals surface area contributed by atoms with Crippen molar-refractivity contribution < 1.29 is 9.72 Å². The van der Waals surface area contributed by atoms with E-state index in [2.05, 4.69) is 10.6 Å². The van der Waals surface area contributed by atoms with Gasteiger partial charge in [0.1, 0.15) is 5.69 Å². The summed E-state index contributed by atoms with van der Waals surface area (Å²) in [6, 6.07) is 6.06. The molecule has 0 saturated heterocycles. The first kappa shape index (κ1) is 15.4. The fraction of sp³-hybridized carbons (Fsp3) is 0.385. The molecule has 106 valence electrons. The average molecular weight is 276 g/mol. The Kier molecular flexibility index (Phi) is 5.47. The van der Waals surface area contributed by atoms with Gasteiger partial charge in [0.2, 0.25) is 5.91 Å². The van der Waals surface area contributed by atoms with Gasteiger partial charge in [-0.2, -0.15) is 5.26 Å². The molecule has 7 nitrogen and oxygen atoms in total. The molecule has 20 heavy (non-hydrogen) atoms. The third kappa shape index (κ3) is 4.24. The van der Waals surface area contributed by atoms with Crippen molar-refractivity contribution in [1.29, 1.82) is 5.26 Å². The van der Waals surface area contributed by atoms with Crippen molar-refractivity contribution in [2.45, 2.75) is 13.8 Å². The lowest BCUT2D eigenvalue weighted by Crippen LogP contribution is -2.31. The zero-order valence-electron chi connectivity index (χ0n) is 11.3. The summed E-state index contributed by atoms with van der Waals surface area (Å²) in [5, 5.41) is 25.2. The second-order valence-electron chi connectivity index (χ2n) is 4.47. The molecule has 0 unspecified atom stereocenters. The molecule has 1 aromatic rings. The lowest BCUT2D eigenvalue weighted by atomic mass is 10.2. The Labute approximate surface area is 116 Å². The minimum absolute atomic E-state index is 0.0684.